The van der Waals surface area contributed by atoms with E-state index in [4.69, 9.17) is 23.2 Å². The minimum atomic E-state index is -0.498. The maximum Gasteiger partial charge on any atom is 0.321 e. The van der Waals surface area contributed by atoms with E-state index in [1.807, 2.05) is 0 Å². The zero-order valence-corrected chi connectivity index (χ0v) is 14.4. The van der Waals surface area contributed by atoms with Crippen molar-refractivity contribution >= 4 is 34.9 Å². The Morgan fingerprint density at radius 2 is 1.74 bits per heavy atom. The number of anilines is 1. The molecule has 0 aromatic heterocycles. The van der Waals surface area contributed by atoms with Crippen LogP contribution in [-0.4, -0.2) is 59.3 Å². The van der Waals surface area contributed by atoms with E-state index in [1.165, 1.54) is 6.42 Å². The quantitative estimate of drug-likeness (QED) is 0.855. The van der Waals surface area contributed by atoms with Gasteiger partial charge in [0, 0.05) is 22.3 Å². The van der Waals surface area contributed by atoms with E-state index >= 15 is 0 Å². The summed E-state index contributed by atoms with van der Waals surface area (Å²) in [5.41, 5.74) is 0.559. The Balaban J connectivity index is 1.62. The number of nitrogens with zero attached hydrogens (tertiary/aromatic N) is 2. The van der Waals surface area contributed by atoms with Crippen LogP contribution >= 0.6 is 23.2 Å². The Morgan fingerprint density at radius 3 is 2.39 bits per heavy atom. The molecule has 0 saturated carbocycles. The van der Waals surface area contributed by atoms with Gasteiger partial charge >= 0.3 is 6.03 Å². The molecule has 0 spiro atoms. The smallest absolute Gasteiger partial charge is 0.321 e. The zero-order chi connectivity index (χ0) is 16.4. The summed E-state index contributed by atoms with van der Waals surface area (Å²) in [6.45, 7) is 2.89. The van der Waals surface area contributed by atoms with Crippen molar-refractivity contribution in [3.8, 4) is 0 Å². The van der Waals surface area contributed by atoms with Crippen LogP contribution in [0.3, 0.4) is 0 Å². The summed E-state index contributed by atoms with van der Waals surface area (Å²) in [6.07, 6.45) is 3.08. The Bertz CT molecular complexity index is 558. The molecule has 1 aromatic rings. The number of hydrogen-bond acceptors (Lipinski definition) is 3. The molecule has 7 heteroatoms. The van der Waals surface area contributed by atoms with Crippen LogP contribution in [0.25, 0.3) is 0 Å². The summed E-state index contributed by atoms with van der Waals surface area (Å²) < 4.78 is 0. The van der Waals surface area contributed by atoms with Crippen LogP contribution in [0, 0.1) is 0 Å². The molecule has 2 aliphatic heterocycles. The van der Waals surface area contributed by atoms with Crippen molar-refractivity contribution in [2.24, 2.45) is 0 Å². The molecule has 0 bridgehead atoms. The van der Waals surface area contributed by atoms with Crippen molar-refractivity contribution in [3.05, 3.63) is 28.2 Å². The number of halogens is 2. The molecule has 2 atom stereocenters. The summed E-state index contributed by atoms with van der Waals surface area (Å²) in [7, 11) is 0. The third-order valence-electron chi connectivity index (χ3n) is 4.52. The third kappa shape index (κ3) is 4.10. The number of hydrogen-bond donors (Lipinski definition) is 2. The number of urea groups is 1. The highest BCUT2D eigenvalue weighted by molar-refractivity contribution is 6.35. The Hall–Kier alpha value is -1.01. The van der Waals surface area contributed by atoms with E-state index in [-0.39, 0.29) is 12.1 Å². The second-order valence-corrected chi connectivity index (χ2v) is 7.10. The normalized spacial score (nSPS) is 25.6. The lowest BCUT2D eigenvalue weighted by atomic mass is 10.1. The molecule has 1 aromatic carbocycles. The standard InChI is InChI=1S/C16H21Cl2N3O2/c17-11-6-12(18)8-13(7-11)19-16(23)21-9-14(15(22)10-21)20-4-2-1-3-5-20/h6-8,14-15,22H,1-5,9-10H2,(H,19,23)/t14-,15-/m1/s1. The number of aliphatic hydroxyl groups excluding tert-OH is 1. The monoisotopic (exact) mass is 357 g/mol. The van der Waals surface area contributed by atoms with E-state index in [0.717, 1.165) is 25.9 Å². The Kier molecular flexibility index (Phi) is 5.31. The van der Waals surface area contributed by atoms with E-state index in [2.05, 4.69) is 10.2 Å². The first-order valence-corrected chi connectivity index (χ1v) is 8.72. The van der Waals surface area contributed by atoms with Gasteiger partial charge in [-0.15, -0.1) is 0 Å². The van der Waals surface area contributed by atoms with Crippen molar-refractivity contribution in [2.45, 2.75) is 31.4 Å². The van der Waals surface area contributed by atoms with Gasteiger partial charge in [0.15, 0.2) is 0 Å². The van der Waals surface area contributed by atoms with Crippen LogP contribution in [0.5, 0.6) is 0 Å². The second-order valence-electron chi connectivity index (χ2n) is 6.22. The number of rotatable bonds is 2. The number of piperidine rings is 1. The van der Waals surface area contributed by atoms with Gasteiger partial charge in [-0.2, -0.15) is 0 Å². The predicted molar refractivity (Wildman–Crippen MR) is 92.3 cm³/mol. The van der Waals surface area contributed by atoms with Crippen molar-refractivity contribution < 1.29 is 9.90 Å². The molecule has 0 radical (unpaired) electrons. The van der Waals surface area contributed by atoms with E-state index in [1.54, 1.807) is 23.1 Å². The first-order chi connectivity index (χ1) is 11.0. The van der Waals surface area contributed by atoms with Gasteiger partial charge in [0.2, 0.25) is 0 Å². The molecule has 2 heterocycles. The van der Waals surface area contributed by atoms with E-state index in [9.17, 15) is 9.90 Å². The van der Waals surface area contributed by atoms with Gasteiger partial charge in [0.25, 0.3) is 0 Å². The van der Waals surface area contributed by atoms with Crippen LogP contribution < -0.4 is 5.32 Å². The first-order valence-electron chi connectivity index (χ1n) is 7.97. The minimum Gasteiger partial charge on any atom is -0.390 e. The number of carbonyl (C=O) groups is 1. The molecule has 0 aliphatic carbocycles. The maximum absolute atomic E-state index is 12.4. The molecule has 3 rings (SSSR count). The molecule has 2 N–H and O–H groups in total. The SMILES string of the molecule is O=C(Nc1cc(Cl)cc(Cl)c1)N1C[C@@H](O)[C@H](N2CCCCC2)C1. The van der Waals surface area contributed by atoms with Gasteiger partial charge in [-0.3, -0.25) is 4.90 Å². The van der Waals surface area contributed by atoms with Gasteiger partial charge in [0.1, 0.15) is 0 Å². The summed E-state index contributed by atoms with van der Waals surface area (Å²) in [4.78, 5) is 16.4. The second kappa shape index (κ2) is 7.26. The number of benzene rings is 1. The summed E-state index contributed by atoms with van der Waals surface area (Å²) in [5.74, 6) is 0. The minimum absolute atomic E-state index is 0.0315. The van der Waals surface area contributed by atoms with Crippen molar-refractivity contribution in [1.29, 1.82) is 0 Å². The molecule has 5 nitrogen and oxygen atoms in total. The molecule has 2 amide bonds. The van der Waals surface area contributed by atoms with Crippen LogP contribution in [0.1, 0.15) is 19.3 Å². The van der Waals surface area contributed by atoms with Gasteiger partial charge in [0.05, 0.1) is 18.7 Å². The van der Waals surface area contributed by atoms with Crippen LogP contribution in [0.4, 0.5) is 10.5 Å². The number of aliphatic hydroxyl groups is 1. The average molecular weight is 358 g/mol. The number of likely N-dealkylation sites (tertiary alicyclic amines) is 2. The highest BCUT2D eigenvalue weighted by Crippen LogP contribution is 2.24. The van der Waals surface area contributed by atoms with Crippen LogP contribution in [0.15, 0.2) is 18.2 Å². The molecule has 2 aliphatic rings. The summed E-state index contributed by atoms with van der Waals surface area (Å²) >= 11 is 11.9. The van der Waals surface area contributed by atoms with Crippen molar-refractivity contribution in [1.82, 2.24) is 9.80 Å². The zero-order valence-electron chi connectivity index (χ0n) is 12.8. The maximum atomic E-state index is 12.4. The fraction of sp³-hybridized carbons (Fsp3) is 0.562. The molecular weight excluding hydrogens is 337 g/mol. The molecule has 2 fully saturated rings. The van der Waals surface area contributed by atoms with Crippen molar-refractivity contribution in [2.75, 3.05) is 31.5 Å². The molecule has 2 saturated heterocycles. The molecular formula is C16H21Cl2N3O2. The average Bonchev–Trinajstić information content (AvgIpc) is 2.89. The number of amides is 2. The fourth-order valence-electron chi connectivity index (χ4n) is 3.37. The molecule has 23 heavy (non-hydrogen) atoms. The van der Waals surface area contributed by atoms with E-state index < -0.39 is 6.10 Å². The van der Waals surface area contributed by atoms with Gasteiger partial charge in [-0.25, -0.2) is 4.79 Å². The molecule has 126 valence electrons. The summed E-state index contributed by atoms with van der Waals surface area (Å²) in [6, 6.07) is 4.72. The largest absolute Gasteiger partial charge is 0.390 e. The highest BCUT2D eigenvalue weighted by Gasteiger charge is 2.37. The van der Waals surface area contributed by atoms with Crippen LogP contribution in [0.2, 0.25) is 10.0 Å². The lowest BCUT2D eigenvalue weighted by Gasteiger charge is -2.33. The van der Waals surface area contributed by atoms with Gasteiger partial charge < -0.3 is 15.3 Å². The van der Waals surface area contributed by atoms with Crippen LogP contribution in [-0.2, 0) is 0 Å². The predicted octanol–water partition coefficient (Wildman–Crippen LogP) is 3.06. The van der Waals surface area contributed by atoms with Crippen molar-refractivity contribution in [3.63, 3.8) is 0 Å². The third-order valence-corrected chi connectivity index (χ3v) is 4.96. The first kappa shape index (κ1) is 16.8. The Morgan fingerprint density at radius 1 is 1.09 bits per heavy atom. The lowest BCUT2D eigenvalue weighted by Crippen LogP contribution is -2.46. The van der Waals surface area contributed by atoms with Gasteiger partial charge in [-0.05, 0) is 44.1 Å². The van der Waals surface area contributed by atoms with Gasteiger partial charge in [-0.1, -0.05) is 29.6 Å². The number of β-amino-alcohol motifs (C(OH)–C–C–N with tert-alkyl or cyclic N) is 1. The van der Waals surface area contributed by atoms with E-state index in [0.29, 0.717) is 28.8 Å². The number of nitrogens with one attached hydrogen (secondary N) is 1. The summed E-state index contributed by atoms with van der Waals surface area (Å²) in [5, 5.41) is 14.1. The fourth-order valence-corrected chi connectivity index (χ4v) is 3.90. The highest BCUT2D eigenvalue weighted by atomic mass is 35.5. The molecule has 0 unspecified atom stereocenters. The number of carbonyl (C=O) groups excluding carboxylic acids is 1. The lowest BCUT2D eigenvalue weighted by molar-refractivity contribution is 0.0706. The topological polar surface area (TPSA) is 55.8 Å². The Labute approximate surface area is 146 Å².